The van der Waals surface area contributed by atoms with Crippen molar-refractivity contribution in [3.8, 4) is 0 Å². The zero-order valence-electron chi connectivity index (χ0n) is 30.8. The molecule has 0 aliphatic rings. The predicted molar refractivity (Wildman–Crippen MR) is 194 cm³/mol. The third-order valence-corrected chi connectivity index (χ3v) is 9.21. The smallest absolute Gasteiger partial charge is 0.472 e. The molecule has 0 spiro atoms. The molecule has 0 saturated heterocycles. The van der Waals surface area contributed by atoms with Crippen LogP contribution in [0.2, 0.25) is 0 Å². The molecule has 3 atom stereocenters. The Hall–Kier alpha value is -1.78. The van der Waals surface area contributed by atoms with E-state index in [0.29, 0.717) is 12.8 Å². The van der Waals surface area contributed by atoms with Crippen LogP contribution >= 0.6 is 7.82 Å². The Morgan fingerprint density at radius 3 is 1.53 bits per heavy atom. The van der Waals surface area contributed by atoms with E-state index in [-0.39, 0.29) is 19.4 Å². The molecule has 0 saturated carbocycles. The van der Waals surface area contributed by atoms with E-state index in [1.54, 1.807) is 0 Å². The molecule has 0 heterocycles. The summed E-state index contributed by atoms with van der Waals surface area (Å²) < 4.78 is 32.5. The van der Waals surface area contributed by atoms with Crippen LogP contribution < -0.4 is 5.73 Å². The van der Waals surface area contributed by atoms with Crippen LogP contribution in [0.25, 0.3) is 0 Å². The summed E-state index contributed by atoms with van der Waals surface area (Å²) in [6, 6.07) is -1.52. The lowest BCUT2D eigenvalue weighted by molar-refractivity contribution is -0.161. The van der Waals surface area contributed by atoms with Gasteiger partial charge in [0.1, 0.15) is 12.6 Å². The minimum Gasteiger partial charge on any atom is -0.480 e. The Morgan fingerprint density at radius 1 is 0.612 bits per heavy atom. The van der Waals surface area contributed by atoms with Crippen molar-refractivity contribution in [1.82, 2.24) is 0 Å². The molecule has 0 aromatic heterocycles. The number of carbonyl (C=O) groups is 3. The van der Waals surface area contributed by atoms with E-state index in [1.807, 2.05) is 0 Å². The summed E-state index contributed by atoms with van der Waals surface area (Å²) in [7, 11) is -4.70. The van der Waals surface area contributed by atoms with Gasteiger partial charge in [-0.1, -0.05) is 135 Å². The maximum absolute atomic E-state index is 12.5. The third kappa shape index (κ3) is 33.1. The number of carbonyl (C=O) groups excluding carboxylic acids is 2. The minimum atomic E-state index is -4.70. The SMILES string of the molecule is CCCCC/C=C\CCCCCCCC(=O)OC[C@H](COP(=O)(O)OC[C@H](N)C(=O)O)OC(=O)CCCCCCCCCCCCCCC. The Kier molecular flexibility index (Phi) is 32.2. The zero-order valence-corrected chi connectivity index (χ0v) is 31.7. The van der Waals surface area contributed by atoms with E-state index in [1.165, 1.54) is 77.0 Å². The van der Waals surface area contributed by atoms with Gasteiger partial charge in [-0.15, -0.1) is 0 Å². The van der Waals surface area contributed by atoms with Crippen molar-refractivity contribution in [3.05, 3.63) is 12.2 Å². The van der Waals surface area contributed by atoms with Crippen LogP contribution in [0.1, 0.15) is 174 Å². The number of carboxylic acid groups (broad SMARTS) is 1. The van der Waals surface area contributed by atoms with Gasteiger partial charge in [0.2, 0.25) is 0 Å². The first-order chi connectivity index (χ1) is 23.6. The number of allylic oxidation sites excluding steroid dienone is 2. The molecule has 0 amide bonds. The summed E-state index contributed by atoms with van der Waals surface area (Å²) in [4.78, 5) is 45.7. The molecule has 0 aliphatic carbocycles. The van der Waals surface area contributed by atoms with Crippen LogP contribution in [0.3, 0.4) is 0 Å². The molecular formula is C37H70NO10P. The summed E-state index contributed by atoms with van der Waals surface area (Å²) in [5.41, 5.74) is 5.31. The van der Waals surface area contributed by atoms with Gasteiger partial charge in [-0.25, -0.2) is 4.57 Å². The number of unbranched alkanes of at least 4 members (excludes halogenated alkanes) is 20. The highest BCUT2D eigenvalue weighted by molar-refractivity contribution is 7.47. The van der Waals surface area contributed by atoms with Crippen molar-refractivity contribution in [2.75, 3.05) is 19.8 Å². The van der Waals surface area contributed by atoms with Gasteiger partial charge in [0.25, 0.3) is 0 Å². The van der Waals surface area contributed by atoms with Gasteiger partial charge in [0.15, 0.2) is 6.10 Å². The number of hydrogen-bond donors (Lipinski definition) is 3. The number of esters is 2. The first kappa shape index (κ1) is 47.2. The van der Waals surface area contributed by atoms with Gasteiger partial charge in [-0.05, 0) is 38.5 Å². The summed E-state index contributed by atoms with van der Waals surface area (Å²) in [5, 5.41) is 8.85. The molecule has 0 fully saturated rings. The topological polar surface area (TPSA) is 172 Å². The second-order valence-corrected chi connectivity index (χ2v) is 14.5. The fraction of sp³-hybridized carbons (Fsp3) is 0.865. The van der Waals surface area contributed by atoms with Crippen molar-refractivity contribution in [3.63, 3.8) is 0 Å². The molecule has 11 nitrogen and oxygen atoms in total. The number of hydrogen-bond acceptors (Lipinski definition) is 9. The standard InChI is InChI=1S/C37H70NO10P/c1-3-5-7-9-11-13-15-17-19-21-23-25-27-29-36(40)48-33(31-46-49(43,44)47-32-34(38)37(41)42)30-45-35(39)28-26-24-22-20-18-16-14-12-10-8-6-4-2/h12,14,33-34H,3-11,13,15-32,38H2,1-2H3,(H,41,42)(H,43,44)/b14-12-/t33-,34+/m1/s1. The number of ether oxygens (including phenoxy) is 2. The van der Waals surface area contributed by atoms with Crippen LogP contribution in [0.4, 0.5) is 0 Å². The number of rotatable bonds is 36. The largest absolute Gasteiger partial charge is 0.480 e. The van der Waals surface area contributed by atoms with Gasteiger partial charge in [0.05, 0.1) is 13.2 Å². The molecule has 4 N–H and O–H groups in total. The molecule has 288 valence electrons. The van der Waals surface area contributed by atoms with Gasteiger partial charge in [-0.3, -0.25) is 23.4 Å². The molecule has 12 heteroatoms. The lowest BCUT2D eigenvalue weighted by Crippen LogP contribution is -2.34. The van der Waals surface area contributed by atoms with Crippen LogP contribution in [-0.2, 0) is 37.5 Å². The van der Waals surface area contributed by atoms with Gasteiger partial charge in [-0.2, -0.15) is 0 Å². The molecule has 0 bridgehead atoms. The van der Waals surface area contributed by atoms with Crippen LogP contribution in [0.5, 0.6) is 0 Å². The quantitative estimate of drug-likeness (QED) is 0.0244. The van der Waals surface area contributed by atoms with E-state index < -0.39 is 51.1 Å². The van der Waals surface area contributed by atoms with E-state index >= 15 is 0 Å². The highest BCUT2D eigenvalue weighted by Gasteiger charge is 2.28. The molecule has 0 rings (SSSR count). The molecule has 0 aromatic carbocycles. The third-order valence-electron chi connectivity index (χ3n) is 8.26. The Bertz CT molecular complexity index is 900. The normalized spacial score (nSPS) is 14.0. The van der Waals surface area contributed by atoms with Crippen LogP contribution in [0.15, 0.2) is 12.2 Å². The van der Waals surface area contributed by atoms with Gasteiger partial charge in [0, 0.05) is 12.8 Å². The molecule has 1 unspecified atom stereocenters. The zero-order chi connectivity index (χ0) is 36.4. The number of phosphoric acid groups is 1. The highest BCUT2D eigenvalue weighted by Crippen LogP contribution is 2.43. The number of nitrogens with two attached hydrogens (primary N) is 1. The first-order valence-corrected chi connectivity index (χ1v) is 20.7. The average molecular weight is 720 g/mol. The van der Waals surface area contributed by atoms with Gasteiger partial charge >= 0.3 is 25.7 Å². The van der Waals surface area contributed by atoms with E-state index in [9.17, 15) is 23.8 Å². The molecule has 0 aromatic rings. The highest BCUT2D eigenvalue weighted by atomic mass is 31.2. The van der Waals surface area contributed by atoms with Crippen molar-refractivity contribution < 1.29 is 47.5 Å². The van der Waals surface area contributed by atoms with Crippen molar-refractivity contribution in [1.29, 1.82) is 0 Å². The number of carboxylic acids is 1. The number of aliphatic carboxylic acids is 1. The maximum atomic E-state index is 12.5. The van der Waals surface area contributed by atoms with E-state index in [4.69, 9.17) is 24.8 Å². The molecule has 0 radical (unpaired) electrons. The predicted octanol–water partition coefficient (Wildman–Crippen LogP) is 9.34. The molecule has 49 heavy (non-hydrogen) atoms. The Balaban J connectivity index is 4.44. The first-order valence-electron chi connectivity index (χ1n) is 19.2. The van der Waals surface area contributed by atoms with Crippen LogP contribution in [-0.4, -0.2) is 59.9 Å². The second kappa shape index (κ2) is 33.4. The fourth-order valence-corrected chi connectivity index (χ4v) is 5.95. The van der Waals surface area contributed by atoms with Crippen molar-refractivity contribution in [2.45, 2.75) is 187 Å². The Morgan fingerprint density at radius 2 is 1.02 bits per heavy atom. The fourth-order valence-electron chi connectivity index (χ4n) is 5.18. The van der Waals surface area contributed by atoms with Crippen LogP contribution in [0, 0.1) is 0 Å². The number of phosphoric ester groups is 1. The van der Waals surface area contributed by atoms with Gasteiger partial charge < -0.3 is 25.2 Å². The minimum absolute atomic E-state index is 0.164. The molecular weight excluding hydrogens is 649 g/mol. The monoisotopic (exact) mass is 719 g/mol. The average Bonchev–Trinajstić information content (AvgIpc) is 3.07. The summed E-state index contributed by atoms with van der Waals surface area (Å²) in [6.07, 6.45) is 29.9. The van der Waals surface area contributed by atoms with Crippen molar-refractivity contribution >= 4 is 25.7 Å². The lowest BCUT2D eigenvalue weighted by atomic mass is 10.0. The maximum Gasteiger partial charge on any atom is 0.472 e. The second-order valence-electron chi connectivity index (χ2n) is 13.1. The van der Waals surface area contributed by atoms with E-state index in [0.717, 1.165) is 57.8 Å². The Labute approximate surface area is 297 Å². The van der Waals surface area contributed by atoms with E-state index in [2.05, 4.69) is 30.5 Å². The summed E-state index contributed by atoms with van der Waals surface area (Å²) in [6.45, 7) is 2.76. The molecule has 0 aliphatic heterocycles. The lowest BCUT2D eigenvalue weighted by Gasteiger charge is -2.20. The summed E-state index contributed by atoms with van der Waals surface area (Å²) >= 11 is 0. The van der Waals surface area contributed by atoms with Crippen molar-refractivity contribution in [2.24, 2.45) is 5.73 Å². The summed E-state index contributed by atoms with van der Waals surface area (Å²) in [5.74, 6) is -2.38.